The molecule has 0 aliphatic heterocycles. The Morgan fingerprint density at radius 2 is 1.62 bits per heavy atom. The van der Waals surface area contributed by atoms with Crippen LogP contribution in [-0.2, 0) is 6.54 Å². The molecule has 0 aliphatic rings. The van der Waals surface area contributed by atoms with E-state index in [2.05, 4.69) is 4.98 Å². The van der Waals surface area contributed by atoms with Gasteiger partial charge in [-0.2, -0.15) is 0 Å². The summed E-state index contributed by atoms with van der Waals surface area (Å²) in [6.45, 7) is 1.78. The van der Waals surface area contributed by atoms with Crippen molar-refractivity contribution in [2.45, 2.75) is 13.5 Å². The number of hydrogen-bond acceptors (Lipinski definition) is 4. The van der Waals surface area contributed by atoms with Gasteiger partial charge in [0.2, 0.25) is 0 Å². The van der Waals surface area contributed by atoms with Crippen molar-refractivity contribution < 1.29 is 14.0 Å². The van der Waals surface area contributed by atoms with Crippen molar-refractivity contribution in [3.63, 3.8) is 0 Å². The number of halogens is 1. The van der Waals surface area contributed by atoms with Crippen LogP contribution in [0.2, 0.25) is 0 Å². The number of benzene rings is 3. The first-order valence-electron chi connectivity index (χ1n) is 9.05. The lowest BCUT2D eigenvalue weighted by Crippen LogP contribution is -2.30. The zero-order valence-corrected chi connectivity index (χ0v) is 16.4. The quantitative estimate of drug-likeness (QED) is 0.414. The summed E-state index contributed by atoms with van der Waals surface area (Å²) in [4.78, 5) is 30.8. The molecule has 4 aromatic rings. The Morgan fingerprint density at radius 3 is 2.28 bits per heavy atom. The molecule has 29 heavy (non-hydrogen) atoms. The fourth-order valence-corrected chi connectivity index (χ4v) is 3.99. The van der Waals surface area contributed by atoms with E-state index in [0.717, 1.165) is 5.56 Å². The number of carbonyl (C=O) groups excluding carboxylic acids is 2. The van der Waals surface area contributed by atoms with E-state index in [1.165, 1.54) is 24.3 Å². The number of thiazole rings is 1. The number of ketones is 1. The third-order valence-corrected chi connectivity index (χ3v) is 5.60. The van der Waals surface area contributed by atoms with Crippen LogP contribution in [0.15, 0.2) is 72.8 Å². The number of Topliss-reactive ketones (excluding diaryl/α,β-unsaturated/α-hetero) is 1. The fourth-order valence-electron chi connectivity index (χ4n) is 3.01. The Morgan fingerprint density at radius 1 is 0.931 bits per heavy atom. The van der Waals surface area contributed by atoms with Crippen molar-refractivity contribution in [2.75, 3.05) is 4.90 Å². The molecule has 0 fully saturated rings. The van der Waals surface area contributed by atoms with E-state index in [-0.39, 0.29) is 17.2 Å². The lowest BCUT2D eigenvalue weighted by atomic mass is 10.1. The van der Waals surface area contributed by atoms with Gasteiger partial charge in [-0.1, -0.05) is 59.9 Å². The zero-order chi connectivity index (χ0) is 20.4. The highest BCUT2D eigenvalue weighted by atomic mass is 32.1. The second kappa shape index (κ2) is 7.93. The zero-order valence-electron chi connectivity index (χ0n) is 15.6. The van der Waals surface area contributed by atoms with E-state index >= 15 is 0 Å². The molecule has 6 heteroatoms. The Hall–Kier alpha value is -3.38. The minimum atomic E-state index is -0.414. The summed E-state index contributed by atoms with van der Waals surface area (Å²) in [6.07, 6.45) is 0. The Kier molecular flexibility index (Phi) is 5.18. The molecule has 0 N–H and O–H groups in total. The molecule has 3 aromatic carbocycles. The predicted octanol–water partition coefficient (Wildman–Crippen LogP) is 5.49. The number of carbonyl (C=O) groups is 2. The molecule has 0 atom stereocenters. The molecule has 144 valence electrons. The Bertz CT molecular complexity index is 1190. The average molecular weight is 404 g/mol. The van der Waals surface area contributed by atoms with E-state index in [1.54, 1.807) is 41.3 Å². The number of aromatic nitrogens is 1. The van der Waals surface area contributed by atoms with Gasteiger partial charge in [-0.15, -0.1) is 0 Å². The molecule has 4 nitrogen and oxygen atoms in total. The molecule has 0 spiro atoms. The Balaban J connectivity index is 1.75. The second-order valence-corrected chi connectivity index (χ2v) is 7.60. The molecule has 0 radical (unpaired) electrons. The smallest absolute Gasteiger partial charge is 0.260 e. The van der Waals surface area contributed by atoms with Crippen LogP contribution in [-0.4, -0.2) is 16.7 Å². The SMILES string of the molecule is CC(=O)c1ccc(C(=O)N(Cc2ccccc2)c2nc3c(F)cccc3s2)cc1. The first kappa shape index (κ1) is 19.0. The first-order chi connectivity index (χ1) is 14.0. The molecule has 0 aliphatic carbocycles. The van der Waals surface area contributed by atoms with E-state index in [1.807, 2.05) is 30.3 Å². The van der Waals surface area contributed by atoms with Crippen molar-refractivity contribution >= 4 is 38.4 Å². The van der Waals surface area contributed by atoms with Gasteiger partial charge in [-0.25, -0.2) is 9.37 Å². The lowest BCUT2D eigenvalue weighted by molar-refractivity contribution is 0.0981. The van der Waals surface area contributed by atoms with Crippen LogP contribution in [0.1, 0.15) is 33.2 Å². The molecule has 1 aromatic heterocycles. The van der Waals surface area contributed by atoms with E-state index in [0.29, 0.717) is 27.5 Å². The van der Waals surface area contributed by atoms with Crippen LogP contribution >= 0.6 is 11.3 Å². The Labute approximate surface area is 171 Å². The van der Waals surface area contributed by atoms with Crippen molar-refractivity contribution in [1.29, 1.82) is 0 Å². The third-order valence-electron chi connectivity index (χ3n) is 4.56. The number of anilines is 1. The topological polar surface area (TPSA) is 50.3 Å². The summed E-state index contributed by atoms with van der Waals surface area (Å²) in [5, 5.41) is 0.426. The molecule has 1 heterocycles. The largest absolute Gasteiger partial charge is 0.295 e. The van der Waals surface area contributed by atoms with Gasteiger partial charge in [-0.05, 0) is 36.8 Å². The molecule has 0 bridgehead atoms. The van der Waals surface area contributed by atoms with Gasteiger partial charge < -0.3 is 0 Å². The van der Waals surface area contributed by atoms with Crippen LogP contribution in [0.3, 0.4) is 0 Å². The van der Waals surface area contributed by atoms with Crippen LogP contribution < -0.4 is 4.90 Å². The molecule has 1 amide bonds. The molecular weight excluding hydrogens is 387 g/mol. The fraction of sp³-hybridized carbons (Fsp3) is 0.0870. The van der Waals surface area contributed by atoms with Gasteiger partial charge >= 0.3 is 0 Å². The van der Waals surface area contributed by atoms with Gasteiger partial charge in [0.15, 0.2) is 10.9 Å². The number of hydrogen-bond donors (Lipinski definition) is 0. The minimum absolute atomic E-state index is 0.0632. The molecule has 4 rings (SSSR count). The van der Waals surface area contributed by atoms with E-state index in [9.17, 15) is 14.0 Å². The number of rotatable bonds is 5. The van der Waals surface area contributed by atoms with Crippen molar-refractivity contribution in [3.05, 3.63) is 95.3 Å². The summed E-state index contributed by atoms with van der Waals surface area (Å²) >= 11 is 1.27. The van der Waals surface area contributed by atoms with Crippen LogP contribution in [0.5, 0.6) is 0 Å². The molecule has 0 unspecified atom stereocenters. The van der Waals surface area contributed by atoms with Crippen LogP contribution in [0.4, 0.5) is 9.52 Å². The van der Waals surface area contributed by atoms with E-state index < -0.39 is 5.82 Å². The number of para-hydroxylation sites is 1. The maximum atomic E-state index is 14.1. The van der Waals surface area contributed by atoms with E-state index in [4.69, 9.17) is 0 Å². The minimum Gasteiger partial charge on any atom is -0.295 e. The summed E-state index contributed by atoms with van der Waals surface area (Å²) < 4.78 is 14.8. The normalized spacial score (nSPS) is 10.8. The standard InChI is InChI=1S/C23H17FN2O2S/c1-15(27)17-10-12-18(13-11-17)22(28)26(14-16-6-3-2-4-7-16)23-25-21-19(24)8-5-9-20(21)29-23/h2-13H,14H2,1H3. The number of amides is 1. The number of fused-ring (bicyclic) bond motifs is 1. The molecule has 0 saturated carbocycles. The van der Waals surface area contributed by atoms with Gasteiger partial charge in [0.25, 0.3) is 5.91 Å². The summed E-state index contributed by atoms with van der Waals surface area (Å²) in [7, 11) is 0. The average Bonchev–Trinajstić information content (AvgIpc) is 3.18. The predicted molar refractivity (Wildman–Crippen MR) is 113 cm³/mol. The summed E-state index contributed by atoms with van der Waals surface area (Å²) in [5.74, 6) is -0.738. The summed E-state index contributed by atoms with van der Waals surface area (Å²) in [5.41, 5.74) is 2.16. The lowest BCUT2D eigenvalue weighted by Gasteiger charge is -2.20. The molecule has 0 saturated heterocycles. The highest BCUT2D eigenvalue weighted by molar-refractivity contribution is 7.22. The van der Waals surface area contributed by atoms with Crippen molar-refractivity contribution in [3.8, 4) is 0 Å². The van der Waals surface area contributed by atoms with Gasteiger partial charge in [-0.3, -0.25) is 14.5 Å². The van der Waals surface area contributed by atoms with Crippen molar-refractivity contribution in [2.24, 2.45) is 0 Å². The monoisotopic (exact) mass is 404 g/mol. The maximum absolute atomic E-state index is 14.1. The van der Waals surface area contributed by atoms with Gasteiger partial charge in [0.05, 0.1) is 11.2 Å². The first-order valence-corrected chi connectivity index (χ1v) is 9.86. The van der Waals surface area contributed by atoms with Gasteiger partial charge in [0.1, 0.15) is 11.3 Å². The number of nitrogens with zero attached hydrogens (tertiary/aromatic N) is 2. The third kappa shape index (κ3) is 3.93. The second-order valence-electron chi connectivity index (χ2n) is 6.59. The van der Waals surface area contributed by atoms with Crippen LogP contribution in [0, 0.1) is 5.82 Å². The molecular formula is C23H17FN2O2S. The van der Waals surface area contributed by atoms with Crippen molar-refractivity contribution in [1.82, 2.24) is 4.98 Å². The summed E-state index contributed by atoms with van der Waals surface area (Å²) in [6, 6.07) is 20.8. The maximum Gasteiger partial charge on any atom is 0.260 e. The van der Waals surface area contributed by atoms with Gasteiger partial charge in [0, 0.05) is 11.1 Å². The van der Waals surface area contributed by atoms with Crippen LogP contribution in [0.25, 0.3) is 10.2 Å². The highest BCUT2D eigenvalue weighted by Gasteiger charge is 2.22. The highest BCUT2D eigenvalue weighted by Crippen LogP contribution is 2.32.